The maximum atomic E-state index is 13.7. The molecule has 1 fully saturated rings. The van der Waals surface area contributed by atoms with E-state index in [1.807, 2.05) is 31.2 Å². The quantitative estimate of drug-likeness (QED) is 0.377. The van der Waals surface area contributed by atoms with Crippen LogP contribution in [0.4, 0.5) is 0 Å². The van der Waals surface area contributed by atoms with Crippen LogP contribution in [0.3, 0.4) is 0 Å². The smallest absolute Gasteiger partial charge is 0.311 e. The highest BCUT2D eigenvalue weighted by Gasteiger charge is 2.48. The molecule has 1 saturated heterocycles. The second kappa shape index (κ2) is 6.78. The average molecular weight is 370 g/mol. The number of esters is 1. The molecule has 2 N–H and O–H groups in total. The second-order valence-corrected chi connectivity index (χ2v) is 7.68. The molecule has 2 aliphatic rings. The maximum absolute atomic E-state index is 13.7. The van der Waals surface area contributed by atoms with Crippen LogP contribution in [0.1, 0.15) is 30.6 Å². The number of benzene rings is 1. The van der Waals surface area contributed by atoms with E-state index in [0.29, 0.717) is 19.5 Å². The van der Waals surface area contributed by atoms with Gasteiger partial charge in [-0.1, -0.05) is 24.3 Å². The van der Waals surface area contributed by atoms with E-state index in [2.05, 4.69) is 11.1 Å². The Kier molecular flexibility index (Phi) is 4.58. The van der Waals surface area contributed by atoms with Crippen molar-refractivity contribution < 1.29 is 19.3 Å². The Hall–Kier alpha value is -2.15. The number of quaternary nitrogens is 1. The average Bonchev–Trinajstić information content (AvgIpc) is 3.06. The zero-order valence-electron chi connectivity index (χ0n) is 15.8. The lowest BCUT2D eigenvalue weighted by molar-refractivity contribution is -0.914. The number of aliphatic hydroxyl groups excluding tert-OH is 1. The molecular weight excluding hydrogens is 344 g/mol. The fraction of sp³-hybridized carbons (Fsp3) is 0.476. The van der Waals surface area contributed by atoms with Crippen molar-refractivity contribution in [3.05, 3.63) is 52.4 Å². The molecule has 0 spiro atoms. The molecule has 144 valence electrons. The second-order valence-electron chi connectivity index (χ2n) is 7.68. The van der Waals surface area contributed by atoms with Crippen molar-refractivity contribution in [3.8, 4) is 0 Å². The molecule has 27 heavy (non-hydrogen) atoms. The standard InChI is InChI=1S/C21H26N2O4/c1-3-13-11-23(26)9-8-15-14-6-4-5-7-18(14)22-20(15)19(23)10-16(13)17(12-24)21(25)27-2/h3-7,16-17,19,22,24H,8-12H2,1-2H3/b13-3-/t16-,17-,19-,23?/m0/s1. The van der Waals surface area contributed by atoms with Crippen LogP contribution in [0.25, 0.3) is 10.9 Å². The summed E-state index contributed by atoms with van der Waals surface area (Å²) in [7, 11) is 1.34. The molecule has 2 aromatic rings. The van der Waals surface area contributed by atoms with Gasteiger partial charge in [0.25, 0.3) is 0 Å². The lowest BCUT2D eigenvalue weighted by Gasteiger charge is -2.56. The number of aliphatic hydroxyl groups is 1. The van der Waals surface area contributed by atoms with Crippen molar-refractivity contribution >= 4 is 16.9 Å². The first-order valence-corrected chi connectivity index (χ1v) is 9.53. The SMILES string of the molecule is C/C=C1/C[N+]2([O-])CCc3c([nH]c4ccccc34)[C@@H]2C[C@@H]1[C@H](CO)C(=O)OC. The van der Waals surface area contributed by atoms with E-state index in [1.54, 1.807) is 0 Å². The number of hydrogen-bond acceptors (Lipinski definition) is 4. The van der Waals surface area contributed by atoms with Gasteiger partial charge in [0.2, 0.25) is 0 Å². The van der Waals surface area contributed by atoms with Crippen LogP contribution in [-0.2, 0) is 16.0 Å². The van der Waals surface area contributed by atoms with Crippen molar-refractivity contribution in [2.45, 2.75) is 25.8 Å². The third kappa shape index (κ3) is 2.79. The van der Waals surface area contributed by atoms with Crippen LogP contribution < -0.4 is 0 Å². The summed E-state index contributed by atoms with van der Waals surface area (Å²) < 4.78 is 4.61. The number of nitrogens with zero attached hydrogens (tertiary/aromatic N) is 1. The molecule has 0 aliphatic carbocycles. The van der Waals surface area contributed by atoms with Crippen LogP contribution in [0.15, 0.2) is 35.9 Å². The number of carbonyl (C=O) groups excluding carboxylic acids is 1. The predicted octanol–water partition coefficient (Wildman–Crippen LogP) is 2.83. The number of piperidine rings is 1. The normalized spacial score (nSPS) is 30.0. The minimum atomic E-state index is -0.635. The molecule has 0 bridgehead atoms. The molecule has 6 nitrogen and oxygen atoms in total. The molecule has 1 unspecified atom stereocenters. The van der Waals surface area contributed by atoms with E-state index in [9.17, 15) is 15.1 Å². The number of methoxy groups -OCH3 is 1. The summed E-state index contributed by atoms with van der Waals surface area (Å²) in [5.74, 6) is -1.24. The fourth-order valence-electron chi connectivity index (χ4n) is 5.03. The van der Waals surface area contributed by atoms with Gasteiger partial charge in [0.05, 0.1) is 31.9 Å². The number of allylic oxidation sites excluding steroid dienone is 1. The molecule has 3 heterocycles. The molecule has 0 saturated carbocycles. The third-order valence-corrected chi connectivity index (χ3v) is 6.45. The zero-order chi connectivity index (χ0) is 19.2. The highest BCUT2D eigenvalue weighted by molar-refractivity contribution is 5.85. The van der Waals surface area contributed by atoms with Gasteiger partial charge in [0.1, 0.15) is 12.6 Å². The van der Waals surface area contributed by atoms with Gasteiger partial charge in [-0.25, -0.2) is 0 Å². The first-order chi connectivity index (χ1) is 13.0. The van der Waals surface area contributed by atoms with Gasteiger partial charge in [-0.2, -0.15) is 0 Å². The molecule has 0 radical (unpaired) electrons. The van der Waals surface area contributed by atoms with E-state index in [1.165, 1.54) is 18.1 Å². The zero-order valence-corrected chi connectivity index (χ0v) is 15.8. The molecule has 1 aromatic carbocycles. The maximum Gasteiger partial charge on any atom is 0.311 e. The monoisotopic (exact) mass is 370 g/mol. The Balaban J connectivity index is 1.78. The molecule has 4 rings (SSSR count). The fourth-order valence-corrected chi connectivity index (χ4v) is 5.03. The van der Waals surface area contributed by atoms with Gasteiger partial charge in [0, 0.05) is 29.7 Å². The van der Waals surface area contributed by atoms with Crippen LogP contribution in [0, 0.1) is 17.0 Å². The number of ether oxygens (including phenoxy) is 1. The summed E-state index contributed by atoms with van der Waals surface area (Å²) >= 11 is 0. The number of aromatic nitrogens is 1. The minimum Gasteiger partial charge on any atom is -0.632 e. The van der Waals surface area contributed by atoms with E-state index in [4.69, 9.17) is 4.74 Å². The van der Waals surface area contributed by atoms with Gasteiger partial charge in [-0.3, -0.25) is 4.79 Å². The summed E-state index contributed by atoms with van der Waals surface area (Å²) in [6, 6.07) is 7.89. The highest BCUT2D eigenvalue weighted by Crippen LogP contribution is 2.48. The largest absolute Gasteiger partial charge is 0.632 e. The number of fused-ring (bicyclic) bond motifs is 5. The Labute approximate surface area is 158 Å². The minimum absolute atomic E-state index is 0.185. The van der Waals surface area contributed by atoms with Gasteiger partial charge in [0.15, 0.2) is 0 Å². The number of hydrogen-bond donors (Lipinski definition) is 2. The summed E-state index contributed by atoms with van der Waals surface area (Å²) in [4.78, 5) is 15.7. The summed E-state index contributed by atoms with van der Waals surface area (Å²) in [5.41, 5.74) is 4.22. The number of hydroxylamine groups is 3. The Morgan fingerprint density at radius 1 is 1.48 bits per heavy atom. The van der Waals surface area contributed by atoms with Crippen molar-refractivity contribution in [2.24, 2.45) is 11.8 Å². The van der Waals surface area contributed by atoms with Crippen LogP contribution in [-0.4, -0.2) is 47.5 Å². The summed E-state index contributed by atoms with van der Waals surface area (Å²) in [6.45, 7) is 2.51. The Morgan fingerprint density at radius 2 is 2.26 bits per heavy atom. The number of carbonyl (C=O) groups is 1. The van der Waals surface area contributed by atoms with Crippen molar-refractivity contribution in [3.63, 3.8) is 0 Å². The molecular formula is C21H26N2O4. The van der Waals surface area contributed by atoms with Crippen molar-refractivity contribution in [2.75, 3.05) is 26.8 Å². The van der Waals surface area contributed by atoms with Crippen LogP contribution in [0.5, 0.6) is 0 Å². The predicted molar refractivity (Wildman–Crippen MR) is 103 cm³/mol. The lowest BCUT2D eigenvalue weighted by atomic mass is 9.75. The molecule has 0 amide bonds. The molecule has 2 aliphatic heterocycles. The van der Waals surface area contributed by atoms with E-state index >= 15 is 0 Å². The first-order valence-electron chi connectivity index (χ1n) is 9.53. The highest BCUT2D eigenvalue weighted by atomic mass is 16.5. The van der Waals surface area contributed by atoms with E-state index in [-0.39, 0.29) is 23.2 Å². The first kappa shape index (κ1) is 18.2. The summed E-state index contributed by atoms with van der Waals surface area (Å²) in [6.07, 6.45) is 3.22. The van der Waals surface area contributed by atoms with Crippen LogP contribution >= 0.6 is 0 Å². The van der Waals surface area contributed by atoms with Crippen molar-refractivity contribution in [1.82, 2.24) is 4.98 Å². The number of para-hydroxylation sites is 1. The van der Waals surface area contributed by atoms with Crippen LogP contribution in [0.2, 0.25) is 0 Å². The number of nitrogens with one attached hydrogen (secondary N) is 1. The molecule has 1 aromatic heterocycles. The third-order valence-electron chi connectivity index (χ3n) is 6.45. The number of rotatable bonds is 3. The molecule has 6 heteroatoms. The van der Waals surface area contributed by atoms with Gasteiger partial charge < -0.3 is 24.7 Å². The summed E-state index contributed by atoms with van der Waals surface area (Å²) in [5, 5.41) is 24.7. The van der Waals surface area contributed by atoms with Gasteiger partial charge in [-0.05, 0) is 24.1 Å². The van der Waals surface area contributed by atoms with Crippen molar-refractivity contribution in [1.29, 1.82) is 0 Å². The van der Waals surface area contributed by atoms with E-state index in [0.717, 1.165) is 23.2 Å². The van der Waals surface area contributed by atoms with Gasteiger partial charge >= 0.3 is 5.97 Å². The topological polar surface area (TPSA) is 85.4 Å². The van der Waals surface area contributed by atoms with Gasteiger partial charge in [-0.15, -0.1) is 0 Å². The number of H-pyrrole nitrogens is 1. The van der Waals surface area contributed by atoms with E-state index < -0.39 is 11.9 Å². The number of aromatic amines is 1. The Bertz CT molecular complexity index is 903. The lowest BCUT2D eigenvalue weighted by Crippen LogP contribution is -2.56. The Morgan fingerprint density at radius 3 is 2.96 bits per heavy atom. The molecule has 4 atom stereocenters.